The molecule has 3 amide bonds. The highest BCUT2D eigenvalue weighted by Crippen LogP contribution is 2.21. The van der Waals surface area contributed by atoms with Crippen LogP contribution in [0, 0.1) is 5.92 Å². The van der Waals surface area contributed by atoms with Crippen LogP contribution in [0.3, 0.4) is 0 Å². The number of rotatable bonds is 5. The minimum absolute atomic E-state index is 0.00812. The van der Waals surface area contributed by atoms with Crippen molar-refractivity contribution in [3.63, 3.8) is 0 Å². The Morgan fingerprint density at radius 2 is 2.00 bits per heavy atom. The molecule has 1 saturated heterocycles. The molecule has 7 nitrogen and oxygen atoms in total. The zero-order chi connectivity index (χ0) is 15.3. The van der Waals surface area contributed by atoms with Gasteiger partial charge in [0.05, 0.1) is 0 Å². The zero-order valence-electron chi connectivity index (χ0n) is 12.0. The van der Waals surface area contributed by atoms with E-state index in [0.717, 1.165) is 12.8 Å². The molecular formula is C13H23N3O4. The number of nitrogens with one attached hydrogen (secondary N) is 1. The lowest BCUT2D eigenvalue weighted by atomic mass is 9.95. The molecule has 4 N–H and O–H groups in total. The summed E-state index contributed by atoms with van der Waals surface area (Å²) >= 11 is 0. The number of carbonyl (C=O) groups is 3. The molecule has 1 aliphatic rings. The molecule has 0 aromatic rings. The molecule has 0 radical (unpaired) electrons. The molecule has 1 rings (SSSR count). The van der Waals surface area contributed by atoms with E-state index >= 15 is 0 Å². The minimum Gasteiger partial charge on any atom is -0.480 e. The van der Waals surface area contributed by atoms with Gasteiger partial charge < -0.3 is 21.1 Å². The Kier molecular flexibility index (Phi) is 5.79. The molecule has 0 aromatic carbocycles. The number of nitrogens with zero attached hydrogens (tertiary/aromatic N) is 1. The van der Waals surface area contributed by atoms with Crippen molar-refractivity contribution in [2.45, 2.75) is 51.6 Å². The number of hydrogen-bond donors (Lipinski definition) is 3. The van der Waals surface area contributed by atoms with Gasteiger partial charge in [-0.3, -0.25) is 4.79 Å². The van der Waals surface area contributed by atoms with Crippen LogP contribution in [-0.4, -0.2) is 46.5 Å². The van der Waals surface area contributed by atoms with E-state index in [1.807, 2.05) is 6.92 Å². The van der Waals surface area contributed by atoms with Gasteiger partial charge in [0.1, 0.15) is 6.04 Å². The Balaban J connectivity index is 2.60. The zero-order valence-corrected chi connectivity index (χ0v) is 12.0. The summed E-state index contributed by atoms with van der Waals surface area (Å²) in [6.45, 7) is 4.63. The number of carbonyl (C=O) groups excluding carboxylic acids is 2. The number of carboxylic acid groups (broad SMARTS) is 1. The third-order valence-electron chi connectivity index (χ3n) is 3.65. The van der Waals surface area contributed by atoms with Crippen molar-refractivity contribution in [3.8, 4) is 0 Å². The number of aliphatic carboxylic acids is 1. The molecule has 1 aliphatic heterocycles. The molecule has 7 heteroatoms. The van der Waals surface area contributed by atoms with Crippen LogP contribution in [0.5, 0.6) is 0 Å². The molecule has 2 unspecified atom stereocenters. The Bertz CT molecular complexity index is 386. The summed E-state index contributed by atoms with van der Waals surface area (Å²) in [6, 6.07) is -1.38. The molecule has 0 bridgehead atoms. The first-order valence-electron chi connectivity index (χ1n) is 6.89. The summed E-state index contributed by atoms with van der Waals surface area (Å²) in [5, 5.41) is 11.5. The maximum absolute atomic E-state index is 12.1. The summed E-state index contributed by atoms with van der Waals surface area (Å²) < 4.78 is 0. The third kappa shape index (κ3) is 4.71. The lowest BCUT2D eigenvalue weighted by Gasteiger charge is -2.37. The summed E-state index contributed by atoms with van der Waals surface area (Å²) in [5.74, 6) is -1.33. The fourth-order valence-electron chi connectivity index (χ4n) is 2.35. The largest absolute Gasteiger partial charge is 0.480 e. The van der Waals surface area contributed by atoms with Gasteiger partial charge in [-0.15, -0.1) is 0 Å². The van der Waals surface area contributed by atoms with Crippen molar-refractivity contribution in [1.29, 1.82) is 0 Å². The van der Waals surface area contributed by atoms with E-state index in [1.165, 1.54) is 0 Å². The van der Waals surface area contributed by atoms with Gasteiger partial charge in [0.2, 0.25) is 5.91 Å². The van der Waals surface area contributed by atoms with Crippen LogP contribution in [0.15, 0.2) is 0 Å². The summed E-state index contributed by atoms with van der Waals surface area (Å²) in [4.78, 5) is 35.6. The van der Waals surface area contributed by atoms with Crippen molar-refractivity contribution in [3.05, 3.63) is 0 Å². The predicted octanol–water partition coefficient (Wildman–Crippen LogP) is 0.535. The first-order valence-corrected chi connectivity index (χ1v) is 6.89. The van der Waals surface area contributed by atoms with E-state index in [-0.39, 0.29) is 24.9 Å². The molecule has 0 aliphatic carbocycles. The van der Waals surface area contributed by atoms with Gasteiger partial charge in [-0.25, -0.2) is 9.59 Å². The standard InChI is InChI=1S/C13H23N3O4/c1-8-3-4-9(2)16(7-8)13(20)15-10(12(18)19)5-6-11(14)17/h8-10H,3-7H2,1-2H3,(H2,14,17)(H,15,20)(H,18,19)/t8?,9?,10-/m0/s1. The summed E-state index contributed by atoms with van der Waals surface area (Å²) in [6.07, 6.45) is 1.92. The number of carboxylic acids is 1. The van der Waals surface area contributed by atoms with Gasteiger partial charge in [-0.2, -0.15) is 0 Å². The number of amides is 3. The highest BCUT2D eigenvalue weighted by molar-refractivity contribution is 5.83. The number of likely N-dealkylation sites (tertiary alicyclic amines) is 1. The van der Waals surface area contributed by atoms with Crippen molar-refractivity contribution in [2.75, 3.05) is 6.54 Å². The Labute approximate surface area is 118 Å². The normalized spacial score (nSPS) is 24.0. The first-order chi connectivity index (χ1) is 9.31. The van der Waals surface area contributed by atoms with Crippen LogP contribution < -0.4 is 11.1 Å². The van der Waals surface area contributed by atoms with Gasteiger partial charge in [0.25, 0.3) is 0 Å². The van der Waals surface area contributed by atoms with Gasteiger partial charge in [0, 0.05) is 19.0 Å². The van der Waals surface area contributed by atoms with Crippen LogP contribution >= 0.6 is 0 Å². The number of primary amides is 1. The highest BCUT2D eigenvalue weighted by Gasteiger charge is 2.29. The van der Waals surface area contributed by atoms with E-state index in [9.17, 15) is 14.4 Å². The minimum atomic E-state index is -1.16. The second-order valence-electron chi connectivity index (χ2n) is 5.53. The predicted molar refractivity (Wildman–Crippen MR) is 72.9 cm³/mol. The fourth-order valence-corrected chi connectivity index (χ4v) is 2.35. The maximum atomic E-state index is 12.1. The number of nitrogens with two attached hydrogens (primary N) is 1. The quantitative estimate of drug-likeness (QED) is 0.684. The third-order valence-corrected chi connectivity index (χ3v) is 3.65. The molecule has 20 heavy (non-hydrogen) atoms. The second kappa shape index (κ2) is 7.12. The van der Waals surface area contributed by atoms with Gasteiger partial charge in [0.15, 0.2) is 0 Å². The summed E-state index contributed by atoms with van der Waals surface area (Å²) in [7, 11) is 0. The smallest absolute Gasteiger partial charge is 0.326 e. The first kappa shape index (κ1) is 16.3. The lowest BCUT2D eigenvalue weighted by Crippen LogP contribution is -2.53. The molecule has 114 valence electrons. The van der Waals surface area contributed by atoms with Crippen LogP contribution in [0.25, 0.3) is 0 Å². The van der Waals surface area contributed by atoms with Crippen molar-refractivity contribution in [2.24, 2.45) is 11.7 Å². The van der Waals surface area contributed by atoms with E-state index < -0.39 is 17.9 Å². The van der Waals surface area contributed by atoms with Crippen molar-refractivity contribution >= 4 is 17.9 Å². The number of piperidine rings is 1. The van der Waals surface area contributed by atoms with Crippen LogP contribution in [0.2, 0.25) is 0 Å². The molecule has 0 aromatic heterocycles. The topological polar surface area (TPSA) is 113 Å². The van der Waals surface area contributed by atoms with Crippen LogP contribution in [0.4, 0.5) is 4.79 Å². The van der Waals surface area contributed by atoms with E-state index in [4.69, 9.17) is 10.8 Å². The molecule has 3 atom stereocenters. The van der Waals surface area contributed by atoms with E-state index in [1.54, 1.807) is 4.90 Å². The maximum Gasteiger partial charge on any atom is 0.326 e. The van der Waals surface area contributed by atoms with Gasteiger partial charge in [-0.05, 0) is 32.1 Å². The monoisotopic (exact) mass is 285 g/mol. The Morgan fingerprint density at radius 1 is 1.35 bits per heavy atom. The molecule has 0 saturated carbocycles. The van der Waals surface area contributed by atoms with E-state index in [0.29, 0.717) is 12.5 Å². The molecule has 1 heterocycles. The van der Waals surface area contributed by atoms with Crippen LogP contribution in [0.1, 0.15) is 39.5 Å². The highest BCUT2D eigenvalue weighted by atomic mass is 16.4. The fraction of sp³-hybridized carbons (Fsp3) is 0.769. The second-order valence-corrected chi connectivity index (χ2v) is 5.53. The Hall–Kier alpha value is -1.79. The molecular weight excluding hydrogens is 262 g/mol. The molecule has 0 spiro atoms. The molecule has 1 fully saturated rings. The van der Waals surface area contributed by atoms with Crippen LogP contribution in [-0.2, 0) is 9.59 Å². The van der Waals surface area contributed by atoms with Gasteiger partial charge >= 0.3 is 12.0 Å². The summed E-state index contributed by atoms with van der Waals surface area (Å²) in [5.41, 5.74) is 5.00. The average molecular weight is 285 g/mol. The average Bonchev–Trinajstić information content (AvgIpc) is 2.36. The SMILES string of the molecule is CC1CCC(C)N(C(=O)N[C@@H](CCC(N)=O)C(=O)O)C1. The lowest BCUT2D eigenvalue weighted by molar-refractivity contribution is -0.139. The number of hydrogen-bond acceptors (Lipinski definition) is 3. The van der Waals surface area contributed by atoms with E-state index in [2.05, 4.69) is 12.2 Å². The van der Waals surface area contributed by atoms with Gasteiger partial charge in [-0.1, -0.05) is 6.92 Å². The number of urea groups is 1. The van der Waals surface area contributed by atoms with Crippen molar-refractivity contribution in [1.82, 2.24) is 10.2 Å². The Morgan fingerprint density at radius 3 is 2.55 bits per heavy atom. The van der Waals surface area contributed by atoms with Crippen molar-refractivity contribution < 1.29 is 19.5 Å².